The number of carbonyl (C=O) groups is 1. The number of nitrogens with zero attached hydrogens (tertiary/aromatic N) is 1. The van der Waals surface area contributed by atoms with Crippen LogP contribution in [0.15, 0.2) is 63.8 Å². The molecule has 0 bridgehead atoms. The van der Waals surface area contributed by atoms with E-state index >= 15 is 0 Å². The van der Waals surface area contributed by atoms with E-state index in [2.05, 4.69) is 5.32 Å². The molecule has 6 heteroatoms. The fraction of sp³-hybridized carbons (Fsp3) is 0.364. The summed E-state index contributed by atoms with van der Waals surface area (Å²) in [4.78, 5) is 23.9. The van der Waals surface area contributed by atoms with E-state index in [0.29, 0.717) is 38.1 Å². The van der Waals surface area contributed by atoms with Crippen molar-refractivity contribution in [2.75, 3.05) is 13.2 Å². The van der Waals surface area contributed by atoms with Gasteiger partial charge in [-0.1, -0.05) is 42.5 Å². The highest BCUT2D eigenvalue weighted by atomic mass is 16.5. The van der Waals surface area contributed by atoms with E-state index in [1.165, 1.54) is 0 Å². The number of rotatable bonds is 10. The van der Waals surface area contributed by atoms with Gasteiger partial charge in [-0.2, -0.15) is 0 Å². The highest BCUT2D eigenvalue weighted by molar-refractivity contribution is 5.76. The van der Waals surface area contributed by atoms with Crippen LogP contribution in [0.2, 0.25) is 0 Å². The molecule has 1 unspecified atom stereocenters. The highest BCUT2D eigenvalue weighted by Gasteiger charge is 2.09. The lowest BCUT2D eigenvalue weighted by molar-refractivity contribution is -0.121. The molecule has 1 atom stereocenters. The van der Waals surface area contributed by atoms with Crippen molar-refractivity contribution in [1.82, 2.24) is 9.88 Å². The molecule has 0 fully saturated rings. The number of benzene rings is 2. The van der Waals surface area contributed by atoms with E-state index in [4.69, 9.17) is 9.15 Å². The Kier molecular flexibility index (Phi) is 7.03. The van der Waals surface area contributed by atoms with Crippen LogP contribution >= 0.6 is 0 Å². The molecule has 1 N–H and O–H groups in total. The Bertz CT molecular complexity index is 946. The summed E-state index contributed by atoms with van der Waals surface area (Å²) in [5, 5.41) is 2.90. The number of para-hydroxylation sites is 2. The average Bonchev–Trinajstić information content (AvgIpc) is 3.03. The van der Waals surface area contributed by atoms with Crippen molar-refractivity contribution in [3.05, 3.63) is 70.7 Å². The van der Waals surface area contributed by atoms with Crippen LogP contribution in [-0.2, 0) is 16.1 Å². The number of amides is 1. The summed E-state index contributed by atoms with van der Waals surface area (Å²) >= 11 is 0. The Morgan fingerprint density at radius 1 is 1.11 bits per heavy atom. The zero-order valence-corrected chi connectivity index (χ0v) is 16.1. The van der Waals surface area contributed by atoms with Gasteiger partial charge < -0.3 is 14.5 Å². The van der Waals surface area contributed by atoms with Crippen LogP contribution in [0, 0.1) is 0 Å². The van der Waals surface area contributed by atoms with Gasteiger partial charge in [0.05, 0.1) is 11.6 Å². The maximum atomic E-state index is 12.0. The first-order chi connectivity index (χ1) is 13.6. The van der Waals surface area contributed by atoms with Crippen LogP contribution in [-0.4, -0.2) is 23.6 Å². The summed E-state index contributed by atoms with van der Waals surface area (Å²) in [5.74, 6) is -0.400. The number of hydrogen-bond acceptors (Lipinski definition) is 4. The monoisotopic (exact) mass is 382 g/mol. The lowest BCUT2D eigenvalue weighted by atomic mass is 10.1. The molecule has 0 spiro atoms. The van der Waals surface area contributed by atoms with Crippen molar-refractivity contribution in [2.24, 2.45) is 0 Å². The fourth-order valence-corrected chi connectivity index (χ4v) is 3.09. The van der Waals surface area contributed by atoms with E-state index in [1.54, 1.807) is 10.6 Å². The molecule has 0 aliphatic heterocycles. The van der Waals surface area contributed by atoms with Crippen molar-refractivity contribution in [3.63, 3.8) is 0 Å². The summed E-state index contributed by atoms with van der Waals surface area (Å²) in [6, 6.07) is 17.4. The van der Waals surface area contributed by atoms with Crippen molar-refractivity contribution in [3.8, 4) is 0 Å². The van der Waals surface area contributed by atoms with Crippen LogP contribution in [0.25, 0.3) is 11.1 Å². The number of oxazole rings is 1. The van der Waals surface area contributed by atoms with E-state index in [1.807, 2.05) is 55.5 Å². The number of ether oxygens (including phenoxy) is 1. The van der Waals surface area contributed by atoms with Gasteiger partial charge in [-0.3, -0.25) is 9.36 Å². The molecule has 0 saturated carbocycles. The Hall–Kier alpha value is -2.86. The number of hydrogen-bond donors (Lipinski definition) is 1. The highest BCUT2D eigenvalue weighted by Crippen LogP contribution is 2.15. The molecular weight excluding hydrogens is 356 g/mol. The first-order valence-electron chi connectivity index (χ1n) is 9.67. The van der Waals surface area contributed by atoms with E-state index in [0.717, 1.165) is 17.5 Å². The maximum Gasteiger partial charge on any atom is 0.419 e. The minimum Gasteiger partial charge on any atom is -0.408 e. The molecule has 0 aliphatic carbocycles. The van der Waals surface area contributed by atoms with Crippen molar-refractivity contribution in [2.45, 2.75) is 38.8 Å². The van der Waals surface area contributed by atoms with E-state index in [9.17, 15) is 9.59 Å². The molecule has 28 heavy (non-hydrogen) atoms. The molecule has 0 aliphatic rings. The van der Waals surface area contributed by atoms with Gasteiger partial charge in [0.15, 0.2) is 5.58 Å². The molecule has 3 rings (SSSR count). The second-order valence-corrected chi connectivity index (χ2v) is 6.72. The summed E-state index contributed by atoms with van der Waals surface area (Å²) in [6.07, 6.45) is 1.75. The van der Waals surface area contributed by atoms with Gasteiger partial charge in [-0.25, -0.2) is 4.79 Å². The van der Waals surface area contributed by atoms with Gasteiger partial charge in [0.1, 0.15) is 0 Å². The Labute approximate surface area is 164 Å². The van der Waals surface area contributed by atoms with Gasteiger partial charge in [0.25, 0.3) is 0 Å². The number of aryl methyl sites for hydroxylation is 1. The van der Waals surface area contributed by atoms with E-state index in [-0.39, 0.29) is 17.8 Å². The largest absolute Gasteiger partial charge is 0.419 e. The third-order valence-corrected chi connectivity index (χ3v) is 4.64. The molecule has 6 nitrogen and oxygen atoms in total. The topological polar surface area (TPSA) is 73.5 Å². The zero-order chi connectivity index (χ0) is 19.8. The number of carbonyl (C=O) groups excluding carboxylic acids is 1. The second-order valence-electron chi connectivity index (χ2n) is 6.72. The molecule has 2 aromatic carbocycles. The summed E-state index contributed by atoms with van der Waals surface area (Å²) < 4.78 is 12.6. The molecule has 1 aromatic heterocycles. The average molecular weight is 382 g/mol. The van der Waals surface area contributed by atoms with Crippen LogP contribution in [0.3, 0.4) is 0 Å². The summed E-state index contributed by atoms with van der Waals surface area (Å²) in [6.45, 7) is 3.65. The van der Waals surface area contributed by atoms with Crippen molar-refractivity contribution < 1.29 is 13.9 Å². The first-order valence-corrected chi connectivity index (χ1v) is 9.67. The second kappa shape index (κ2) is 9.90. The Morgan fingerprint density at radius 3 is 2.68 bits per heavy atom. The van der Waals surface area contributed by atoms with Crippen LogP contribution < -0.4 is 11.1 Å². The standard InChI is InChI=1S/C22H26N2O4/c1-17(18-9-3-2-4-10-18)27-16-8-14-23-21(25)13-7-15-24-19-11-5-6-12-20(19)28-22(24)26/h2-6,9-12,17H,7-8,13-16H2,1H3,(H,23,25). The van der Waals surface area contributed by atoms with Crippen LogP contribution in [0.5, 0.6) is 0 Å². The maximum absolute atomic E-state index is 12.0. The molecule has 1 amide bonds. The molecular formula is C22H26N2O4. The molecule has 3 aromatic rings. The van der Waals surface area contributed by atoms with Crippen LogP contribution in [0.4, 0.5) is 0 Å². The minimum absolute atomic E-state index is 0.0167. The van der Waals surface area contributed by atoms with Gasteiger partial charge >= 0.3 is 5.76 Å². The number of aromatic nitrogens is 1. The minimum atomic E-state index is -0.383. The van der Waals surface area contributed by atoms with Crippen molar-refractivity contribution >= 4 is 17.0 Å². The summed E-state index contributed by atoms with van der Waals surface area (Å²) in [5.41, 5.74) is 2.48. The van der Waals surface area contributed by atoms with Gasteiger partial charge in [-0.15, -0.1) is 0 Å². The predicted molar refractivity (Wildman–Crippen MR) is 108 cm³/mol. The first kappa shape index (κ1) is 19.9. The predicted octanol–water partition coefficient (Wildman–Crippen LogP) is 3.66. The van der Waals surface area contributed by atoms with Gasteiger partial charge in [0.2, 0.25) is 5.91 Å². The smallest absolute Gasteiger partial charge is 0.408 e. The molecule has 0 saturated heterocycles. The van der Waals surface area contributed by atoms with Gasteiger partial charge in [0, 0.05) is 26.1 Å². The lowest BCUT2D eigenvalue weighted by Gasteiger charge is -2.13. The number of nitrogens with one attached hydrogen (secondary N) is 1. The fourth-order valence-electron chi connectivity index (χ4n) is 3.09. The van der Waals surface area contributed by atoms with Crippen molar-refractivity contribution in [1.29, 1.82) is 0 Å². The zero-order valence-electron chi connectivity index (χ0n) is 16.1. The Balaban J connectivity index is 1.32. The SMILES string of the molecule is CC(OCCCNC(=O)CCCn1c(=O)oc2ccccc21)c1ccccc1. The number of fused-ring (bicyclic) bond motifs is 1. The van der Waals surface area contributed by atoms with Crippen LogP contribution in [0.1, 0.15) is 37.9 Å². The Morgan fingerprint density at radius 2 is 1.86 bits per heavy atom. The lowest BCUT2D eigenvalue weighted by Crippen LogP contribution is -2.25. The quantitative estimate of drug-likeness (QED) is 0.543. The molecule has 0 radical (unpaired) electrons. The summed E-state index contributed by atoms with van der Waals surface area (Å²) in [7, 11) is 0. The molecule has 1 heterocycles. The third-order valence-electron chi connectivity index (χ3n) is 4.64. The third kappa shape index (κ3) is 5.33. The van der Waals surface area contributed by atoms with E-state index < -0.39 is 0 Å². The van der Waals surface area contributed by atoms with Gasteiger partial charge in [-0.05, 0) is 37.5 Å². The normalized spacial score (nSPS) is 12.2. The molecule has 148 valence electrons.